The zero-order valence-corrected chi connectivity index (χ0v) is 29.7. The zero-order chi connectivity index (χ0) is 37.7. The molecule has 0 spiro atoms. The van der Waals surface area contributed by atoms with E-state index in [-0.39, 0.29) is 32.7 Å². The molecule has 270 valence electrons. The third-order valence-corrected chi connectivity index (χ3v) is 10.6. The Hall–Kier alpha value is -6.90. The topological polar surface area (TPSA) is 169 Å². The molecule has 0 saturated heterocycles. The lowest BCUT2D eigenvalue weighted by molar-refractivity contribution is 0.261. The number of fused-ring (bicyclic) bond motifs is 2. The van der Waals surface area contributed by atoms with Crippen molar-refractivity contribution in [3.05, 3.63) is 158 Å². The van der Waals surface area contributed by atoms with E-state index in [1.165, 1.54) is 36.4 Å². The summed E-state index contributed by atoms with van der Waals surface area (Å²) >= 11 is 0. The Labute approximate surface area is 310 Å². The van der Waals surface area contributed by atoms with Crippen LogP contribution in [-0.2, 0) is 20.2 Å². The Balaban J connectivity index is 0.928. The van der Waals surface area contributed by atoms with Crippen molar-refractivity contribution in [3.8, 4) is 11.5 Å². The minimum Gasteiger partial charge on any atom is -0.379 e. The highest BCUT2D eigenvalue weighted by Gasteiger charge is 2.21. The molecule has 14 heteroatoms. The highest BCUT2D eigenvalue weighted by Crippen LogP contribution is 2.29. The molecule has 0 heterocycles. The number of nitrogens with one attached hydrogen (secondary N) is 4. The van der Waals surface area contributed by atoms with Gasteiger partial charge in [-0.05, 0) is 71.4 Å². The maximum absolute atomic E-state index is 13.1. The van der Waals surface area contributed by atoms with E-state index in [0.717, 1.165) is 10.8 Å². The Bertz CT molecular complexity index is 2560. The molecule has 0 aliphatic rings. The molecule has 7 aromatic carbocycles. The van der Waals surface area contributed by atoms with Gasteiger partial charge in [0.15, 0.2) is 0 Å². The standard InChI is InChI=1S/C40H30N4O8S2/c45-39(43-31-13-7-15-33(25-31)51-53(47,48)37-19-5-11-27-9-1-3-17-35(27)37)41-29-21-23-30(24-22-29)42-40(46)44-32-14-8-16-34(26-32)52-54(49,50)38-20-6-12-28-10-2-4-18-36(28)38/h1-26H,(H2,41,43,45)(H2,42,44,46). The second-order valence-electron chi connectivity index (χ2n) is 11.8. The number of rotatable bonds is 10. The summed E-state index contributed by atoms with van der Waals surface area (Å²) in [4.78, 5) is 25.6. The average molecular weight is 759 g/mol. The molecule has 7 rings (SSSR count). The van der Waals surface area contributed by atoms with Crippen molar-refractivity contribution >= 4 is 76.6 Å². The predicted octanol–water partition coefficient (Wildman–Crippen LogP) is 8.82. The molecule has 0 radical (unpaired) electrons. The lowest BCUT2D eigenvalue weighted by Gasteiger charge is -2.12. The normalized spacial score (nSPS) is 11.4. The molecular formula is C40H30N4O8S2. The molecule has 0 saturated carbocycles. The van der Waals surface area contributed by atoms with Gasteiger partial charge in [0, 0.05) is 45.7 Å². The van der Waals surface area contributed by atoms with E-state index in [1.54, 1.807) is 84.9 Å². The number of carbonyl (C=O) groups excluding carboxylic acids is 2. The first-order valence-corrected chi connectivity index (χ1v) is 19.1. The highest BCUT2D eigenvalue weighted by molar-refractivity contribution is 7.87. The van der Waals surface area contributed by atoms with E-state index in [2.05, 4.69) is 21.3 Å². The Morgan fingerprint density at radius 2 is 0.741 bits per heavy atom. The third-order valence-electron chi connectivity index (χ3n) is 8.03. The van der Waals surface area contributed by atoms with Crippen LogP contribution in [0, 0.1) is 0 Å². The van der Waals surface area contributed by atoms with Gasteiger partial charge in [0.05, 0.1) is 0 Å². The molecule has 0 bridgehead atoms. The molecule has 0 unspecified atom stereocenters. The van der Waals surface area contributed by atoms with Crippen molar-refractivity contribution in [3.63, 3.8) is 0 Å². The first-order valence-electron chi connectivity index (χ1n) is 16.3. The van der Waals surface area contributed by atoms with Crippen molar-refractivity contribution in [2.75, 3.05) is 21.3 Å². The molecule has 0 fully saturated rings. The van der Waals surface area contributed by atoms with Crippen LogP contribution < -0.4 is 29.6 Å². The van der Waals surface area contributed by atoms with Gasteiger partial charge in [0.25, 0.3) is 0 Å². The van der Waals surface area contributed by atoms with Crippen LogP contribution in [0.2, 0.25) is 0 Å². The van der Waals surface area contributed by atoms with Crippen LogP contribution in [0.5, 0.6) is 11.5 Å². The Kier molecular flexibility index (Phi) is 9.85. The number of urea groups is 2. The number of carbonyl (C=O) groups is 2. The lowest BCUT2D eigenvalue weighted by Crippen LogP contribution is -2.20. The van der Waals surface area contributed by atoms with Crippen molar-refractivity contribution < 1.29 is 34.8 Å². The van der Waals surface area contributed by atoms with Crippen LogP contribution in [0.1, 0.15) is 0 Å². The number of anilines is 4. The van der Waals surface area contributed by atoms with Gasteiger partial charge in [-0.1, -0.05) is 84.9 Å². The number of benzene rings is 7. The summed E-state index contributed by atoms with van der Waals surface area (Å²) in [6, 6.07) is 41.0. The van der Waals surface area contributed by atoms with Gasteiger partial charge in [0.1, 0.15) is 21.3 Å². The molecule has 7 aromatic rings. The maximum Gasteiger partial charge on any atom is 0.339 e. The van der Waals surface area contributed by atoms with Gasteiger partial charge >= 0.3 is 32.3 Å². The van der Waals surface area contributed by atoms with Gasteiger partial charge in [-0.25, -0.2) is 9.59 Å². The Morgan fingerprint density at radius 1 is 0.389 bits per heavy atom. The fourth-order valence-electron chi connectivity index (χ4n) is 5.65. The molecule has 0 atom stereocenters. The average Bonchev–Trinajstić information content (AvgIpc) is 3.15. The summed E-state index contributed by atoms with van der Waals surface area (Å²) in [7, 11) is -8.36. The van der Waals surface area contributed by atoms with E-state index in [0.29, 0.717) is 22.1 Å². The third kappa shape index (κ3) is 8.25. The molecular weight excluding hydrogens is 729 g/mol. The summed E-state index contributed by atoms with van der Waals surface area (Å²) in [5.41, 5.74) is 1.38. The van der Waals surface area contributed by atoms with Crippen LogP contribution in [0.3, 0.4) is 0 Å². The minimum atomic E-state index is -4.18. The van der Waals surface area contributed by atoms with Crippen LogP contribution >= 0.6 is 0 Å². The van der Waals surface area contributed by atoms with Crippen molar-refractivity contribution in [1.29, 1.82) is 0 Å². The van der Waals surface area contributed by atoms with Gasteiger partial charge in [-0.3, -0.25) is 0 Å². The molecule has 0 aliphatic heterocycles. The second kappa shape index (κ2) is 15.0. The number of hydrogen-bond acceptors (Lipinski definition) is 8. The van der Waals surface area contributed by atoms with Crippen molar-refractivity contribution in [1.82, 2.24) is 0 Å². The molecule has 0 aliphatic carbocycles. The van der Waals surface area contributed by atoms with E-state index < -0.39 is 32.3 Å². The second-order valence-corrected chi connectivity index (χ2v) is 14.9. The van der Waals surface area contributed by atoms with Gasteiger partial charge < -0.3 is 29.6 Å². The summed E-state index contributed by atoms with van der Waals surface area (Å²) in [6.07, 6.45) is 0. The monoisotopic (exact) mass is 758 g/mol. The summed E-state index contributed by atoms with van der Waals surface area (Å²) in [6.45, 7) is 0. The van der Waals surface area contributed by atoms with Crippen LogP contribution in [0.15, 0.2) is 168 Å². The zero-order valence-electron chi connectivity index (χ0n) is 28.1. The van der Waals surface area contributed by atoms with Crippen molar-refractivity contribution in [2.45, 2.75) is 9.79 Å². The van der Waals surface area contributed by atoms with Gasteiger partial charge in [-0.2, -0.15) is 16.8 Å². The van der Waals surface area contributed by atoms with E-state index in [1.807, 2.05) is 36.4 Å². The number of hydrogen-bond donors (Lipinski definition) is 4. The molecule has 54 heavy (non-hydrogen) atoms. The molecule has 4 N–H and O–H groups in total. The quantitative estimate of drug-likeness (QED) is 0.100. The SMILES string of the molecule is O=C(Nc1ccc(NC(=O)Nc2cccc(OS(=O)(=O)c3cccc4ccccc34)c2)cc1)Nc1cccc(OS(=O)(=O)c2cccc3ccccc23)c1. The van der Waals surface area contributed by atoms with Crippen LogP contribution in [0.4, 0.5) is 32.3 Å². The summed E-state index contributed by atoms with van der Waals surface area (Å²) in [5.74, 6) is 0.0271. The van der Waals surface area contributed by atoms with E-state index in [4.69, 9.17) is 8.37 Å². The maximum atomic E-state index is 13.1. The van der Waals surface area contributed by atoms with Crippen LogP contribution in [-0.4, -0.2) is 28.9 Å². The minimum absolute atomic E-state index is 0.0136. The molecule has 12 nitrogen and oxygen atoms in total. The lowest BCUT2D eigenvalue weighted by atomic mass is 10.1. The summed E-state index contributed by atoms with van der Waals surface area (Å²) in [5, 5.41) is 13.2. The van der Waals surface area contributed by atoms with Gasteiger partial charge in [-0.15, -0.1) is 0 Å². The first-order chi connectivity index (χ1) is 26.0. The summed E-state index contributed by atoms with van der Waals surface area (Å²) < 4.78 is 63.4. The fourth-order valence-corrected chi connectivity index (χ4v) is 7.94. The van der Waals surface area contributed by atoms with Crippen LogP contribution in [0.25, 0.3) is 21.5 Å². The largest absolute Gasteiger partial charge is 0.379 e. The smallest absolute Gasteiger partial charge is 0.339 e. The van der Waals surface area contributed by atoms with Gasteiger partial charge in [0.2, 0.25) is 0 Å². The number of amides is 4. The predicted molar refractivity (Wildman–Crippen MR) is 208 cm³/mol. The first kappa shape index (κ1) is 35.5. The Morgan fingerprint density at radius 3 is 1.17 bits per heavy atom. The molecule has 0 aromatic heterocycles. The van der Waals surface area contributed by atoms with E-state index in [9.17, 15) is 26.4 Å². The fraction of sp³-hybridized carbons (Fsp3) is 0. The highest BCUT2D eigenvalue weighted by atomic mass is 32.2. The molecule has 4 amide bonds. The van der Waals surface area contributed by atoms with Crippen molar-refractivity contribution in [2.24, 2.45) is 0 Å². The van der Waals surface area contributed by atoms with E-state index >= 15 is 0 Å².